The van der Waals surface area contributed by atoms with E-state index in [0.29, 0.717) is 0 Å². The van der Waals surface area contributed by atoms with E-state index in [1.807, 2.05) is 30.3 Å². The van der Waals surface area contributed by atoms with Crippen LogP contribution in [-0.2, 0) is 19.1 Å². The number of nitrogens with one attached hydrogen (secondary N) is 2. The van der Waals surface area contributed by atoms with Gasteiger partial charge in [-0.15, -0.1) is 0 Å². The van der Waals surface area contributed by atoms with Crippen LogP contribution in [0.5, 0.6) is 0 Å². The first-order chi connectivity index (χ1) is 8.21. The number of hydrogen-bond donors (Lipinski definition) is 2. The molecule has 6 heteroatoms. The van der Waals surface area contributed by atoms with E-state index in [-0.39, 0.29) is 6.29 Å². The van der Waals surface area contributed by atoms with E-state index in [9.17, 15) is 0 Å². The van der Waals surface area contributed by atoms with Gasteiger partial charge in [0.2, 0.25) is 12.2 Å². The molecule has 0 spiro atoms. The van der Waals surface area contributed by atoms with Gasteiger partial charge in [0.15, 0.2) is 6.29 Å². The standard InChI is InChI=1S/C9H12O2.2CHNO/c1-10-9(11-2)8-6-4-3-5-7-8;2*2-1-3/h3-7,9H,1-2H3;2*2H. The van der Waals surface area contributed by atoms with Crippen molar-refractivity contribution in [2.45, 2.75) is 6.29 Å². The van der Waals surface area contributed by atoms with Crippen LogP contribution < -0.4 is 0 Å². The molecule has 1 aromatic rings. The van der Waals surface area contributed by atoms with Gasteiger partial charge in [0.1, 0.15) is 0 Å². The SMILES string of the molecule is COC(OC)c1ccccc1.N=C=O.N=C=O. The van der Waals surface area contributed by atoms with Gasteiger partial charge in [0.05, 0.1) is 0 Å². The summed E-state index contributed by atoms with van der Waals surface area (Å²) < 4.78 is 10.1. The fourth-order valence-electron chi connectivity index (χ4n) is 0.979. The second-order valence-electron chi connectivity index (χ2n) is 2.42. The topological polar surface area (TPSA) is 100 Å². The summed E-state index contributed by atoms with van der Waals surface area (Å²) in [4.78, 5) is 16.7. The molecule has 0 fully saturated rings. The first-order valence-electron chi connectivity index (χ1n) is 4.40. The monoisotopic (exact) mass is 238 g/mol. The molecule has 0 saturated carbocycles. The number of benzene rings is 1. The second kappa shape index (κ2) is 13.9. The fourth-order valence-corrected chi connectivity index (χ4v) is 0.979. The van der Waals surface area contributed by atoms with Crippen molar-refractivity contribution in [3.05, 3.63) is 35.9 Å². The molecule has 0 aliphatic heterocycles. The molecule has 0 unspecified atom stereocenters. The highest BCUT2D eigenvalue weighted by atomic mass is 16.7. The third-order valence-corrected chi connectivity index (χ3v) is 1.50. The summed E-state index contributed by atoms with van der Waals surface area (Å²) in [6.45, 7) is 0. The number of methoxy groups -OCH3 is 2. The first kappa shape index (κ1) is 17.3. The van der Waals surface area contributed by atoms with E-state index < -0.39 is 0 Å². The second-order valence-corrected chi connectivity index (χ2v) is 2.42. The lowest BCUT2D eigenvalue weighted by Gasteiger charge is -2.12. The minimum absolute atomic E-state index is 0.240. The molecule has 0 aliphatic rings. The Morgan fingerprint density at radius 1 is 1.00 bits per heavy atom. The molecular formula is C11H14N2O4. The van der Waals surface area contributed by atoms with E-state index >= 15 is 0 Å². The van der Waals surface area contributed by atoms with Gasteiger partial charge in [0.25, 0.3) is 0 Å². The molecule has 1 aromatic carbocycles. The van der Waals surface area contributed by atoms with Crippen LogP contribution in [0.4, 0.5) is 0 Å². The molecule has 1 rings (SSSR count). The lowest BCUT2D eigenvalue weighted by atomic mass is 10.2. The van der Waals surface area contributed by atoms with Crippen LogP contribution in [0, 0.1) is 10.8 Å². The van der Waals surface area contributed by atoms with Crippen molar-refractivity contribution in [2.24, 2.45) is 0 Å². The highest BCUT2D eigenvalue weighted by Gasteiger charge is 2.05. The van der Waals surface area contributed by atoms with Crippen molar-refractivity contribution in [1.29, 1.82) is 10.8 Å². The maximum atomic E-state index is 8.35. The van der Waals surface area contributed by atoms with Crippen LogP contribution in [0.25, 0.3) is 0 Å². The molecule has 0 aromatic heterocycles. The van der Waals surface area contributed by atoms with Crippen LogP contribution >= 0.6 is 0 Å². The van der Waals surface area contributed by atoms with Gasteiger partial charge in [-0.2, -0.15) is 0 Å². The number of ether oxygens (including phenoxy) is 2. The van der Waals surface area contributed by atoms with E-state index in [1.165, 1.54) is 0 Å². The highest BCUT2D eigenvalue weighted by Crippen LogP contribution is 2.15. The molecule has 0 saturated heterocycles. The summed E-state index contributed by atoms with van der Waals surface area (Å²) in [5.74, 6) is 0. The maximum absolute atomic E-state index is 8.35. The Morgan fingerprint density at radius 2 is 1.35 bits per heavy atom. The zero-order valence-corrected chi connectivity index (χ0v) is 9.60. The lowest BCUT2D eigenvalue weighted by molar-refractivity contribution is -0.106. The summed E-state index contributed by atoms with van der Waals surface area (Å²) in [6.07, 6.45) is 1.26. The molecule has 2 N–H and O–H groups in total. The predicted molar refractivity (Wildman–Crippen MR) is 60.0 cm³/mol. The minimum Gasteiger partial charge on any atom is -0.352 e. The van der Waals surface area contributed by atoms with Crippen molar-refractivity contribution >= 4 is 12.2 Å². The summed E-state index contributed by atoms with van der Waals surface area (Å²) in [6, 6.07) is 9.82. The van der Waals surface area contributed by atoms with Crippen LogP contribution in [0.2, 0.25) is 0 Å². The van der Waals surface area contributed by atoms with Crippen LogP contribution in [0.1, 0.15) is 11.9 Å². The molecule has 0 amide bonds. The van der Waals surface area contributed by atoms with Gasteiger partial charge >= 0.3 is 0 Å². The average Bonchev–Trinajstić information content (AvgIpc) is 2.34. The van der Waals surface area contributed by atoms with Gasteiger partial charge in [-0.3, -0.25) is 0 Å². The Bertz CT molecular complexity index is 326. The first-order valence-corrected chi connectivity index (χ1v) is 4.40. The van der Waals surface area contributed by atoms with Gasteiger partial charge in [0, 0.05) is 19.8 Å². The van der Waals surface area contributed by atoms with Crippen molar-refractivity contribution in [1.82, 2.24) is 0 Å². The van der Waals surface area contributed by atoms with Gasteiger partial charge in [-0.05, 0) is 0 Å². The number of rotatable bonds is 3. The van der Waals surface area contributed by atoms with E-state index in [0.717, 1.165) is 17.7 Å². The molecule has 17 heavy (non-hydrogen) atoms. The zero-order valence-electron chi connectivity index (χ0n) is 9.60. The van der Waals surface area contributed by atoms with Crippen molar-refractivity contribution in [2.75, 3.05) is 14.2 Å². The third kappa shape index (κ3) is 10.2. The van der Waals surface area contributed by atoms with Crippen LogP contribution in [-0.4, -0.2) is 26.4 Å². The Labute approximate surface area is 99.2 Å². The van der Waals surface area contributed by atoms with Gasteiger partial charge in [-0.25, -0.2) is 20.4 Å². The minimum atomic E-state index is -0.240. The van der Waals surface area contributed by atoms with Crippen molar-refractivity contribution in [3.8, 4) is 0 Å². The smallest absolute Gasteiger partial charge is 0.231 e. The number of carbonyl (C=O) groups excluding carboxylic acids is 2. The van der Waals surface area contributed by atoms with Gasteiger partial charge < -0.3 is 9.47 Å². The van der Waals surface area contributed by atoms with E-state index in [4.69, 9.17) is 29.9 Å². The third-order valence-electron chi connectivity index (χ3n) is 1.50. The molecule has 92 valence electrons. The predicted octanol–water partition coefficient (Wildman–Crippen LogP) is 1.78. The number of isocyanates is 2. The molecular weight excluding hydrogens is 224 g/mol. The largest absolute Gasteiger partial charge is 0.352 e. The molecule has 0 heterocycles. The molecule has 0 bridgehead atoms. The summed E-state index contributed by atoms with van der Waals surface area (Å²) in [5.41, 5.74) is 1.04. The Hall–Kier alpha value is -2.10. The quantitative estimate of drug-likeness (QED) is 0.476. The van der Waals surface area contributed by atoms with E-state index in [2.05, 4.69) is 0 Å². The molecule has 0 aliphatic carbocycles. The molecule has 0 atom stereocenters. The van der Waals surface area contributed by atoms with Crippen molar-refractivity contribution < 1.29 is 19.1 Å². The Balaban J connectivity index is 0. The normalized spacial score (nSPS) is 7.71. The van der Waals surface area contributed by atoms with E-state index in [1.54, 1.807) is 14.2 Å². The summed E-state index contributed by atoms with van der Waals surface area (Å²) >= 11 is 0. The number of hydrogen-bond acceptors (Lipinski definition) is 6. The maximum Gasteiger partial charge on any atom is 0.231 e. The van der Waals surface area contributed by atoms with Gasteiger partial charge in [-0.1, -0.05) is 30.3 Å². The lowest BCUT2D eigenvalue weighted by Crippen LogP contribution is -2.02. The summed E-state index contributed by atoms with van der Waals surface area (Å²) in [5, 5.41) is 10.8. The Kier molecular flexibility index (Phi) is 14.1. The fraction of sp³-hybridized carbons (Fsp3) is 0.273. The van der Waals surface area contributed by atoms with Crippen molar-refractivity contribution in [3.63, 3.8) is 0 Å². The van der Waals surface area contributed by atoms with Crippen LogP contribution in [0.15, 0.2) is 30.3 Å². The zero-order chi connectivity index (χ0) is 13.5. The molecule has 0 radical (unpaired) electrons. The Morgan fingerprint density at radius 3 is 1.65 bits per heavy atom. The highest BCUT2D eigenvalue weighted by molar-refractivity contribution is 5.26. The summed E-state index contributed by atoms with van der Waals surface area (Å²) in [7, 11) is 3.25. The average molecular weight is 238 g/mol. The van der Waals surface area contributed by atoms with Crippen LogP contribution in [0.3, 0.4) is 0 Å². The molecule has 6 nitrogen and oxygen atoms in total.